The van der Waals surface area contributed by atoms with E-state index in [9.17, 15) is 9.59 Å². The second kappa shape index (κ2) is 9.97. The zero-order valence-electron chi connectivity index (χ0n) is 18.3. The molecule has 0 bridgehead atoms. The number of rotatable bonds is 6. The number of anilines is 1. The van der Waals surface area contributed by atoms with Gasteiger partial charge in [0.1, 0.15) is 5.75 Å². The first-order valence-corrected chi connectivity index (χ1v) is 11.6. The van der Waals surface area contributed by atoms with Crippen LogP contribution in [0.2, 0.25) is 0 Å². The number of fused-ring (bicyclic) bond motifs is 1. The van der Waals surface area contributed by atoms with Crippen molar-refractivity contribution in [1.29, 1.82) is 0 Å². The molecular formula is C25H27N3O3S. The predicted molar refractivity (Wildman–Crippen MR) is 127 cm³/mol. The lowest BCUT2D eigenvalue weighted by Gasteiger charge is -2.35. The summed E-state index contributed by atoms with van der Waals surface area (Å²) < 4.78 is 5.28. The van der Waals surface area contributed by atoms with Crippen LogP contribution in [0.25, 0.3) is 0 Å². The Kier molecular flexibility index (Phi) is 6.87. The molecule has 0 spiro atoms. The van der Waals surface area contributed by atoms with Gasteiger partial charge in [-0.2, -0.15) is 11.3 Å². The number of carbonyl (C=O) groups is 2. The molecule has 0 aliphatic carbocycles. The Morgan fingerprint density at radius 2 is 1.94 bits per heavy atom. The van der Waals surface area contributed by atoms with E-state index in [1.54, 1.807) is 23.5 Å². The lowest BCUT2D eigenvalue weighted by atomic mass is 9.97. The minimum Gasteiger partial charge on any atom is -0.495 e. The average Bonchev–Trinajstić information content (AvgIpc) is 3.33. The minimum absolute atomic E-state index is 0.000128. The fourth-order valence-electron chi connectivity index (χ4n) is 4.07. The Bertz CT molecular complexity index is 1100. The van der Waals surface area contributed by atoms with Crippen LogP contribution < -0.4 is 15.4 Å². The van der Waals surface area contributed by atoms with Gasteiger partial charge in [0.2, 0.25) is 0 Å². The lowest BCUT2D eigenvalue weighted by Crippen LogP contribution is -2.43. The van der Waals surface area contributed by atoms with Crippen molar-refractivity contribution in [2.75, 3.05) is 25.5 Å². The molecule has 0 saturated carbocycles. The van der Waals surface area contributed by atoms with Gasteiger partial charge in [-0.3, -0.25) is 14.5 Å². The van der Waals surface area contributed by atoms with E-state index in [4.69, 9.17) is 4.74 Å². The largest absolute Gasteiger partial charge is 0.495 e. The molecule has 0 saturated heterocycles. The maximum atomic E-state index is 12.6. The number of benzene rings is 2. The van der Waals surface area contributed by atoms with E-state index in [0.717, 1.165) is 30.6 Å². The first kappa shape index (κ1) is 22.0. The maximum absolute atomic E-state index is 12.6. The Labute approximate surface area is 192 Å². The third kappa shape index (κ3) is 5.00. The van der Waals surface area contributed by atoms with E-state index in [0.29, 0.717) is 18.0 Å². The van der Waals surface area contributed by atoms with Crippen LogP contribution in [0.1, 0.15) is 28.3 Å². The highest BCUT2D eigenvalue weighted by Gasteiger charge is 2.26. The summed E-state index contributed by atoms with van der Waals surface area (Å²) in [5.41, 5.74) is 5.28. The molecule has 2 aromatic carbocycles. The number of aryl methyl sites for hydroxylation is 1. The third-order valence-electron chi connectivity index (χ3n) is 5.79. The Morgan fingerprint density at radius 1 is 1.12 bits per heavy atom. The van der Waals surface area contributed by atoms with Crippen LogP contribution in [-0.4, -0.2) is 36.9 Å². The van der Waals surface area contributed by atoms with E-state index in [2.05, 4.69) is 51.2 Å². The highest BCUT2D eigenvalue weighted by Crippen LogP contribution is 2.29. The highest BCUT2D eigenvalue weighted by molar-refractivity contribution is 7.08. The van der Waals surface area contributed by atoms with Crippen LogP contribution in [0.5, 0.6) is 5.75 Å². The molecule has 1 atom stereocenters. The van der Waals surface area contributed by atoms with Crippen LogP contribution >= 0.6 is 11.3 Å². The SMILES string of the molecule is COc1ccc(C)cc1NC(=O)C(=O)NC[C@@H](c1ccsc1)N1CCc2ccccc2C1. The normalized spacial score (nSPS) is 14.3. The van der Waals surface area contributed by atoms with Crippen LogP contribution in [0, 0.1) is 6.92 Å². The topological polar surface area (TPSA) is 70.7 Å². The van der Waals surface area contributed by atoms with E-state index < -0.39 is 11.8 Å². The van der Waals surface area contributed by atoms with Gasteiger partial charge in [-0.25, -0.2) is 0 Å². The molecule has 2 N–H and O–H groups in total. The number of hydrogen-bond donors (Lipinski definition) is 2. The van der Waals surface area contributed by atoms with E-state index in [-0.39, 0.29) is 6.04 Å². The van der Waals surface area contributed by atoms with Crippen LogP contribution in [-0.2, 0) is 22.6 Å². The zero-order valence-corrected chi connectivity index (χ0v) is 19.1. The fourth-order valence-corrected chi connectivity index (χ4v) is 4.78. The average molecular weight is 450 g/mol. The second-order valence-electron chi connectivity index (χ2n) is 7.93. The molecule has 7 heteroatoms. The number of amides is 2. The molecule has 0 fully saturated rings. The summed E-state index contributed by atoms with van der Waals surface area (Å²) in [6, 6.07) is 16.0. The predicted octanol–water partition coefficient (Wildman–Crippen LogP) is 3.92. The third-order valence-corrected chi connectivity index (χ3v) is 6.50. The number of nitrogens with one attached hydrogen (secondary N) is 2. The van der Waals surface area contributed by atoms with Crippen molar-refractivity contribution in [3.63, 3.8) is 0 Å². The van der Waals surface area contributed by atoms with E-state index in [1.807, 2.05) is 18.4 Å². The van der Waals surface area contributed by atoms with Gasteiger partial charge in [-0.1, -0.05) is 30.3 Å². The first-order chi connectivity index (χ1) is 15.5. The van der Waals surface area contributed by atoms with Crippen LogP contribution in [0.4, 0.5) is 5.69 Å². The number of nitrogens with zero attached hydrogens (tertiary/aromatic N) is 1. The molecule has 2 amide bonds. The summed E-state index contributed by atoms with van der Waals surface area (Å²) >= 11 is 1.63. The van der Waals surface area contributed by atoms with Crippen molar-refractivity contribution >= 4 is 28.8 Å². The molecule has 1 aromatic heterocycles. The molecule has 166 valence electrons. The van der Waals surface area contributed by atoms with Gasteiger partial charge in [0.15, 0.2) is 0 Å². The lowest BCUT2D eigenvalue weighted by molar-refractivity contribution is -0.136. The Morgan fingerprint density at radius 3 is 2.69 bits per heavy atom. The molecule has 4 rings (SSSR count). The number of carbonyl (C=O) groups excluding carboxylic acids is 2. The Hall–Kier alpha value is -3.16. The number of hydrogen-bond acceptors (Lipinski definition) is 5. The quantitative estimate of drug-likeness (QED) is 0.560. The molecule has 1 aliphatic heterocycles. The first-order valence-electron chi connectivity index (χ1n) is 10.6. The molecule has 0 unspecified atom stereocenters. The molecule has 6 nitrogen and oxygen atoms in total. The minimum atomic E-state index is -0.707. The zero-order chi connectivity index (χ0) is 22.5. The van der Waals surface area contributed by atoms with Gasteiger partial charge in [0.05, 0.1) is 18.8 Å². The van der Waals surface area contributed by atoms with Gasteiger partial charge in [-0.05, 0) is 64.6 Å². The van der Waals surface area contributed by atoms with Gasteiger partial charge >= 0.3 is 11.8 Å². The molecule has 0 radical (unpaired) electrons. The highest BCUT2D eigenvalue weighted by atomic mass is 32.1. The molecule has 32 heavy (non-hydrogen) atoms. The second-order valence-corrected chi connectivity index (χ2v) is 8.71. The summed E-state index contributed by atoms with van der Waals surface area (Å²) in [6.45, 7) is 3.99. The summed E-state index contributed by atoms with van der Waals surface area (Å²) in [7, 11) is 1.53. The fraction of sp³-hybridized carbons (Fsp3) is 0.280. The van der Waals surface area contributed by atoms with Crippen LogP contribution in [0.15, 0.2) is 59.3 Å². The number of methoxy groups -OCH3 is 1. The molecular weight excluding hydrogens is 422 g/mol. The van der Waals surface area contributed by atoms with Gasteiger partial charge in [0.25, 0.3) is 0 Å². The monoisotopic (exact) mass is 449 g/mol. The summed E-state index contributed by atoms with van der Waals surface area (Å²) in [6.07, 6.45) is 0.971. The van der Waals surface area contributed by atoms with Crippen molar-refractivity contribution in [2.45, 2.75) is 25.9 Å². The van der Waals surface area contributed by atoms with E-state index in [1.165, 1.54) is 18.2 Å². The number of thiophene rings is 1. The van der Waals surface area contributed by atoms with E-state index >= 15 is 0 Å². The maximum Gasteiger partial charge on any atom is 0.313 e. The Balaban J connectivity index is 1.43. The van der Waals surface area contributed by atoms with Gasteiger partial charge < -0.3 is 15.4 Å². The molecule has 2 heterocycles. The standard InChI is InChI=1S/C25H27N3O3S/c1-17-7-8-23(31-2)21(13-17)27-25(30)24(29)26-14-22(20-10-12-32-16-20)28-11-9-18-5-3-4-6-19(18)15-28/h3-8,10,12-13,16,22H,9,11,14-15H2,1-2H3,(H,26,29)(H,27,30)/t22-/m0/s1. The summed E-state index contributed by atoms with van der Waals surface area (Å²) in [4.78, 5) is 27.5. The number of ether oxygens (including phenoxy) is 1. The van der Waals surface area contributed by atoms with Gasteiger partial charge in [-0.15, -0.1) is 0 Å². The summed E-state index contributed by atoms with van der Waals surface area (Å²) in [5.74, 6) is -0.854. The van der Waals surface area contributed by atoms with Crippen molar-refractivity contribution in [3.8, 4) is 5.75 Å². The van der Waals surface area contributed by atoms with Crippen LogP contribution in [0.3, 0.4) is 0 Å². The van der Waals surface area contributed by atoms with Gasteiger partial charge in [0, 0.05) is 19.6 Å². The van der Waals surface area contributed by atoms with Crippen molar-refractivity contribution in [2.24, 2.45) is 0 Å². The molecule has 3 aromatic rings. The smallest absolute Gasteiger partial charge is 0.313 e. The summed E-state index contributed by atoms with van der Waals surface area (Å²) in [5, 5.41) is 9.65. The van der Waals surface area contributed by atoms with Crippen molar-refractivity contribution in [3.05, 3.63) is 81.5 Å². The van der Waals surface area contributed by atoms with Crippen molar-refractivity contribution < 1.29 is 14.3 Å². The van der Waals surface area contributed by atoms with Crippen molar-refractivity contribution in [1.82, 2.24) is 10.2 Å². The molecule has 1 aliphatic rings.